The van der Waals surface area contributed by atoms with E-state index in [-0.39, 0.29) is 16.4 Å². The van der Waals surface area contributed by atoms with Gasteiger partial charge in [-0.05, 0) is 19.1 Å². The van der Waals surface area contributed by atoms with Gasteiger partial charge in [0.05, 0.1) is 5.75 Å². The normalized spacial score (nSPS) is 12.1. The lowest BCUT2D eigenvalue weighted by Crippen LogP contribution is -2.04. The highest BCUT2D eigenvalue weighted by molar-refractivity contribution is 7.91. The second kappa shape index (κ2) is 4.28. The predicted molar refractivity (Wildman–Crippen MR) is 55.0 cm³/mol. The Morgan fingerprint density at radius 1 is 1.36 bits per heavy atom. The van der Waals surface area contributed by atoms with E-state index in [4.69, 9.17) is 0 Å². The molecule has 14 heavy (non-hydrogen) atoms. The summed E-state index contributed by atoms with van der Waals surface area (Å²) in [5.41, 5.74) is 0. The van der Waals surface area contributed by atoms with Gasteiger partial charge in [0.25, 0.3) is 0 Å². The molecule has 0 saturated heterocycles. The van der Waals surface area contributed by atoms with E-state index >= 15 is 0 Å². The van der Waals surface area contributed by atoms with Crippen molar-refractivity contribution < 1.29 is 13.5 Å². The number of sulfone groups is 1. The molecule has 1 aromatic rings. The second-order valence-electron chi connectivity index (χ2n) is 2.82. The van der Waals surface area contributed by atoms with Gasteiger partial charge in [-0.3, -0.25) is 0 Å². The lowest BCUT2D eigenvalue weighted by Gasteiger charge is -2.03. The van der Waals surface area contributed by atoms with Crippen LogP contribution in [0.3, 0.4) is 0 Å². The molecule has 0 amide bonds. The van der Waals surface area contributed by atoms with E-state index in [0.29, 0.717) is 0 Å². The molecule has 76 valence electrons. The number of hydrogen-bond acceptors (Lipinski definition) is 3. The topological polar surface area (TPSA) is 54.4 Å². The van der Waals surface area contributed by atoms with E-state index in [2.05, 4.69) is 0 Å². The fourth-order valence-corrected chi connectivity index (χ4v) is 2.33. The molecule has 0 aliphatic heterocycles. The zero-order chi connectivity index (χ0) is 10.6. The summed E-state index contributed by atoms with van der Waals surface area (Å²) >= 11 is 0. The van der Waals surface area contributed by atoms with Crippen molar-refractivity contribution in [3.8, 4) is 5.75 Å². The van der Waals surface area contributed by atoms with Crippen LogP contribution >= 0.6 is 0 Å². The maximum atomic E-state index is 11.6. The number of phenolic OH excluding ortho intramolecular Hbond substituents is 1. The van der Waals surface area contributed by atoms with Gasteiger partial charge in [-0.1, -0.05) is 24.3 Å². The first-order valence-electron chi connectivity index (χ1n) is 4.20. The summed E-state index contributed by atoms with van der Waals surface area (Å²) in [6.07, 6.45) is 3.21. The Balaban J connectivity index is 3.11. The molecular weight excluding hydrogens is 200 g/mol. The minimum atomic E-state index is -3.39. The van der Waals surface area contributed by atoms with E-state index in [1.165, 1.54) is 12.1 Å². The molecule has 1 N–H and O–H groups in total. The molecule has 1 aromatic carbocycles. The molecule has 0 heterocycles. The van der Waals surface area contributed by atoms with Gasteiger partial charge in [-0.15, -0.1) is 0 Å². The molecular formula is C10H12O3S. The fourth-order valence-electron chi connectivity index (χ4n) is 1.03. The van der Waals surface area contributed by atoms with Crippen LogP contribution in [0.2, 0.25) is 0 Å². The summed E-state index contributed by atoms with van der Waals surface area (Å²) in [5.74, 6) is -0.279. The Hall–Kier alpha value is -1.29. The highest BCUT2D eigenvalue weighted by atomic mass is 32.2. The monoisotopic (exact) mass is 212 g/mol. The zero-order valence-electron chi connectivity index (χ0n) is 7.84. The highest BCUT2D eigenvalue weighted by Crippen LogP contribution is 2.22. The van der Waals surface area contributed by atoms with E-state index < -0.39 is 9.84 Å². The summed E-state index contributed by atoms with van der Waals surface area (Å²) in [6, 6.07) is 5.93. The first-order valence-corrected chi connectivity index (χ1v) is 5.85. The average Bonchev–Trinajstić information content (AvgIpc) is 2.15. The maximum absolute atomic E-state index is 11.6. The van der Waals surface area contributed by atoms with Gasteiger partial charge in [-0.25, -0.2) is 8.42 Å². The number of phenols is 1. The largest absolute Gasteiger partial charge is 0.507 e. The van der Waals surface area contributed by atoms with Crippen molar-refractivity contribution in [3.05, 3.63) is 36.4 Å². The third-order valence-electron chi connectivity index (χ3n) is 1.75. The van der Waals surface area contributed by atoms with Crippen LogP contribution in [0, 0.1) is 0 Å². The van der Waals surface area contributed by atoms with E-state index in [1.807, 2.05) is 0 Å². The van der Waals surface area contributed by atoms with Gasteiger partial charge in [0.15, 0.2) is 9.84 Å². The van der Waals surface area contributed by atoms with Crippen molar-refractivity contribution in [1.82, 2.24) is 0 Å². The van der Waals surface area contributed by atoms with Crippen molar-refractivity contribution >= 4 is 9.84 Å². The third-order valence-corrected chi connectivity index (χ3v) is 3.40. The third kappa shape index (κ3) is 2.35. The van der Waals surface area contributed by atoms with Crippen molar-refractivity contribution in [2.24, 2.45) is 0 Å². The van der Waals surface area contributed by atoms with Crippen molar-refractivity contribution in [3.63, 3.8) is 0 Å². The Morgan fingerprint density at radius 3 is 2.57 bits per heavy atom. The minimum Gasteiger partial charge on any atom is -0.507 e. The Bertz CT molecular complexity index is 432. The molecule has 0 bridgehead atoms. The first kappa shape index (κ1) is 10.8. The van der Waals surface area contributed by atoms with Crippen molar-refractivity contribution in [2.45, 2.75) is 11.8 Å². The van der Waals surface area contributed by atoms with Crippen LogP contribution in [0.25, 0.3) is 0 Å². The first-order chi connectivity index (χ1) is 6.58. The minimum absolute atomic E-state index is 0.0156. The van der Waals surface area contributed by atoms with E-state index in [1.54, 1.807) is 31.2 Å². The van der Waals surface area contributed by atoms with Gasteiger partial charge < -0.3 is 5.11 Å². The van der Waals surface area contributed by atoms with Crippen LogP contribution in [0.4, 0.5) is 0 Å². The van der Waals surface area contributed by atoms with Gasteiger partial charge in [0.2, 0.25) is 0 Å². The SMILES string of the molecule is C/C=C/CS(=O)(=O)c1ccccc1O. The molecule has 0 saturated carbocycles. The van der Waals surface area contributed by atoms with Crippen molar-refractivity contribution in [1.29, 1.82) is 0 Å². The number of rotatable bonds is 3. The quantitative estimate of drug-likeness (QED) is 0.776. The number of benzene rings is 1. The molecule has 3 nitrogen and oxygen atoms in total. The molecule has 0 unspecified atom stereocenters. The molecule has 0 aliphatic carbocycles. The summed E-state index contributed by atoms with van der Waals surface area (Å²) in [7, 11) is -3.39. The Morgan fingerprint density at radius 2 is 2.00 bits per heavy atom. The van der Waals surface area contributed by atoms with Crippen LogP contribution in [0.1, 0.15) is 6.92 Å². The van der Waals surface area contributed by atoms with Crippen LogP contribution in [0.5, 0.6) is 5.75 Å². The van der Waals surface area contributed by atoms with Gasteiger partial charge in [0, 0.05) is 0 Å². The molecule has 0 aromatic heterocycles. The summed E-state index contributed by atoms with van der Waals surface area (Å²) in [4.78, 5) is -0.0156. The van der Waals surface area contributed by atoms with E-state index in [0.717, 1.165) is 0 Å². The lowest BCUT2D eigenvalue weighted by atomic mass is 10.3. The Labute approximate surface area is 83.6 Å². The smallest absolute Gasteiger partial charge is 0.185 e. The molecule has 0 radical (unpaired) electrons. The van der Waals surface area contributed by atoms with Crippen LogP contribution in [-0.4, -0.2) is 19.3 Å². The molecule has 0 fully saturated rings. The van der Waals surface area contributed by atoms with Crippen molar-refractivity contribution in [2.75, 3.05) is 5.75 Å². The maximum Gasteiger partial charge on any atom is 0.185 e. The second-order valence-corrected chi connectivity index (χ2v) is 4.82. The van der Waals surface area contributed by atoms with Gasteiger partial charge in [0.1, 0.15) is 10.6 Å². The molecule has 1 rings (SSSR count). The molecule has 0 aliphatic rings. The Kier molecular flexibility index (Phi) is 3.30. The predicted octanol–water partition coefficient (Wildman–Crippen LogP) is 1.74. The molecule has 0 spiro atoms. The number of allylic oxidation sites excluding steroid dienone is 1. The standard InChI is InChI=1S/C10H12O3S/c1-2-3-8-14(12,13)10-7-5-4-6-9(10)11/h2-7,11H,8H2,1H3/b3-2+. The van der Waals surface area contributed by atoms with Crippen LogP contribution in [0.15, 0.2) is 41.3 Å². The lowest BCUT2D eigenvalue weighted by molar-refractivity contribution is 0.459. The fraction of sp³-hybridized carbons (Fsp3) is 0.200. The summed E-state index contributed by atoms with van der Waals surface area (Å²) in [6.45, 7) is 1.75. The average molecular weight is 212 g/mol. The van der Waals surface area contributed by atoms with Crippen LogP contribution < -0.4 is 0 Å². The number of aromatic hydroxyl groups is 1. The number of para-hydroxylation sites is 1. The van der Waals surface area contributed by atoms with E-state index in [9.17, 15) is 13.5 Å². The van der Waals surface area contributed by atoms with Gasteiger partial charge >= 0.3 is 0 Å². The highest BCUT2D eigenvalue weighted by Gasteiger charge is 2.15. The van der Waals surface area contributed by atoms with Gasteiger partial charge in [-0.2, -0.15) is 0 Å². The number of hydrogen-bond donors (Lipinski definition) is 1. The molecule has 4 heteroatoms. The molecule has 0 atom stereocenters. The van der Waals surface area contributed by atoms with Crippen LogP contribution in [-0.2, 0) is 9.84 Å². The summed E-state index contributed by atoms with van der Waals surface area (Å²) in [5, 5.41) is 9.34. The summed E-state index contributed by atoms with van der Waals surface area (Å²) < 4.78 is 23.2. The zero-order valence-corrected chi connectivity index (χ0v) is 8.66.